The third-order valence-corrected chi connectivity index (χ3v) is 6.08. The molecule has 1 aliphatic heterocycles. The largest absolute Gasteiger partial charge is 0.351 e. The van der Waals surface area contributed by atoms with Crippen molar-refractivity contribution in [3.8, 4) is 0 Å². The number of aryl methyl sites for hydroxylation is 2. The van der Waals surface area contributed by atoms with Crippen LogP contribution in [-0.2, 0) is 6.54 Å². The Morgan fingerprint density at radius 1 is 1.14 bits per heavy atom. The van der Waals surface area contributed by atoms with Gasteiger partial charge in [-0.2, -0.15) is 0 Å². The highest BCUT2D eigenvalue weighted by Gasteiger charge is 2.42. The van der Waals surface area contributed by atoms with Crippen LogP contribution in [0.25, 0.3) is 0 Å². The molecule has 3 aromatic rings. The summed E-state index contributed by atoms with van der Waals surface area (Å²) in [4.78, 5) is 6.69. The summed E-state index contributed by atoms with van der Waals surface area (Å²) in [6, 6.07) is 13.1. The van der Waals surface area contributed by atoms with E-state index in [1.807, 2.05) is 24.3 Å². The van der Waals surface area contributed by atoms with Crippen LogP contribution >= 0.6 is 12.2 Å². The highest BCUT2D eigenvalue weighted by molar-refractivity contribution is 7.80. The maximum atomic E-state index is 13.9. The summed E-state index contributed by atoms with van der Waals surface area (Å²) in [5.41, 5.74) is 6.05. The van der Waals surface area contributed by atoms with Gasteiger partial charge in [-0.3, -0.25) is 4.98 Å². The van der Waals surface area contributed by atoms with Crippen molar-refractivity contribution in [1.29, 1.82) is 0 Å². The lowest BCUT2D eigenvalue weighted by Crippen LogP contribution is -2.29. The van der Waals surface area contributed by atoms with E-state index in [9.17, 15) is 4.39 Å². The third-order valence-electron chi connectivity index (χ3n) is 5.77. The highest BCUT2D eigenvalue weighted by atomic mass is 32.1. The van der Waals surface area contributed by atoms with Crippen LogP contribution in [0.2, 0.25) is 0 Å². The molecule has 0 spiro atoms. The molecule has 0 unspecified atom stereocenters. The van der Waals surface area contributed by atoms with Gasteiger partial charge in [0.15, 0.2) is 5.11 Å². The molecule has 2 aromatic heterocycles. The quantitative estimate of drug-likeness (QED) is 0.606. The molecule has 0 radical (unpaired) electrons. The molecule has 4 rings (SSSR count). The second kappa shape index (κ2) is 7.59. The number of anilines is 1. The molecule has 0 aliphatic carbocycles. The van der Waals surface area contributed by atoms with E-state index in [2.05, 4.69) is 46.6 Å². The zero-order chi connectivity index (χ0) is 20.7. The van der Waals surface area contributed by atoms with Gasteiger partial charge in [-0.25, -0.2) is 4.39 Å². The second-order valence-electron chi connectivity index (χ2n) is 7.50. The van der Waals surface area contributed by atoms with Crippen LogP contribution in [0.15, 0.2) is 48.7 Å². The van der Waals surface area contributed by atoms with E-state index in [1.54, 1.807) is 19.2 Å². The first-order valence-corrected chi connectivity index (χ1v) is 10.3. The van der Waals surface area contributed by atoms with E-state index in [1.165, 1.54) is 23.0 Å². The number of hydrogen-bond donors (Lipinski definition) is 1. The minimum Gasteiger partial charge on any atom is -0.351 e. The summed E-state index contributed by atoms with van der Waals surface area (Å²) in [6.07, 6.45) is 1.80. The van der Waals surface area contributed by atoms with Gasteiger partial charge in [-0.15, -0.1) is 0 Å². The number of pyridine rings is 1. The molecule has 29 heavy (non-hydrogen) atoms. The van der Waals surface area contributed by atoms with Crippen LogP contribution in [-0.4, -0.2) is 14.7 Å². The van der Waals surface area contributed by atoms with Crippen LogP contribution in [0.3, 0.4) is 0 Å². The summed E-state index contributed by atoms with van der Waals surface area (Å²) in [7, 11) is 0. The van der Waals surface area contributed by atoms with E-state index in [0.29, 0.717) is 10.7 Å². The maximum absolute atomic E-state index is 13.9. The van der Waals surface area contributed by atoms with Gasteiger partial charge < -0.3 is 14.8 Å². The molecule has 1 saturated heterocycles. The fourth-order valence-electron chi connectivity index (χ4n) is 4.34. The zero-order valence-electron chi connectivity index (χ0n) is 17.1. The maximum Gasteiger partial charge on any atom is 0.174 e. The molecular formula is C23H25FN4S. The first-order valence-electron chi connectivity index (χ1n) is 9.85. The summed E-state index contributed by atoms with van der Waals surface area (Å²) in [5.74, 6) is -0.214. The van der Waals surface area contributed by atoms with Gasteiger partial charge in [0, 0.05) is 29.8 Å². The third kappa shape index (κ3) is 3.31. The van der Waals surface area contributed by atoms with Crippen molar-refractivity contribution in [3.05, 3.63) is 82.7 Å². The fraction of sp³-hybridized carbons (Fsp3) is 0.304. The van der Waals surface area contributed by atoms with E-state index < -0.39 is 0 Å². The number of benzene rings is 1. The summed E-state index contributed by atoms with van der Waals surface area (Å²) in [6.45, 7) is 9.12. The minimum absolute atomic E-state index is 0.0752. The Bertz CT molecular complexity index is 1060. The average molecular weight is 409 g/mol. The van der Waals surface area contributed by atoms with Crippen molar-refractivity contribution in [2.24, 2.45) is 0 Å². The van der Waals surface area contributed by atoms with Crippen LogP contribution in [0.4, 0.5) is 10.1 Å². The van der Waals surface area contributed by atoms with Crippen molar-refractivity contribution >= 4 is 23.0 Å². The molecule has 1 aromatic carbocycles. The van der Waals surface area contributed by atoms with Gasteiger partial charge in [-0.05, 0) is 87.4 Å². The van der Waals surface area contributed by atoms with Crippen molar-refractivity contribution in [2.75, 3.05) is 4.90 Å². The number of aromatic nitrogens is 2. The Morgan fingerprint density at radius 2 is 1.93 bits per heavy atom. The van der Waals surface area contributed by atoms with Gasteiger partial charge >= 0.3 is 0 Å². The Kier molecular flexibility index (Phi) is 5.13. The number of rotatable bonds is 4. The molecule has 1 fully saturated rings. The SMILES string of the molecule is CCn1c(C)cc([C@@H]2[C@@H](c3ccccn3)NC(=S)N2c2ccc(F)c(C)c2)c1C. The highest BCUT2D eigenvalue weighted by Crippen LogP contribution is 2.43. The molecule has 3 heterocycles. The summed E-state index contributed by atoms with van der Waals surface area (Å²) in [5, 5.41) is 4.09. The predicted octanol–water partition coefficient (Wildman–Crippen LogP) is 5.14. The fourth-order valence-corrected chi connectivity index (χ4v) is 4.69. The molecule has 0 saturated carbocycles. The minimum atomic E-state index is -0.214. The lowest BCUT2D eigenvalue weighted by Gasteiger charge is -2.28. The molecule has 2 atom stereocenters. The molecule has 1 aliphatic rings. The second-order valence-corrected chi connectivity index (χ2v) is 7.89. The van der Waals surface area contributed by atoms with Gasteiger partial charge in [-0.1, -0.05) is 6.07 Å². The number of nitrogens with zero attached hydrogens (tertiary/aromatic N) is 3. The number of nitrogens with one attached hydrogen (secondary N) is 1. The van der Waals surface area contributed by atoms with E-state index in [4.69, 9.17) is 12.2 Å². The van der Waals surface area contributed by atoms with Gasteiger partial charge in [0.2, 0.25) is 0 Å². The van der Waals surface area contributed by atoms with Crippen molar-refractivity contribution < 1.29 is 4.39 Å². The molecule has 6 heteroatoms. The standard InChI is InChI=1S/C23H25FN4S/c1-5-27-15(3)13-18(16(27)4)22-21(20-8-6-7-11-25-20)26-23(29)28(22)17-9-10-19(24)14(2)12-17/h6-13,21-22H,5H2,1-4H3,(H,26,29)/t21-,22-/m1/s1. The lowest BCUT2D eigenvalue weighted by atomic mass is 9.96. The van der Waals surface area contributed by atoms with Gasteiger partial charge in [0.25, 0.3) is 0 Å². The van der Waals surface area contributed by atoms with Crippen LogP contribution < -0.4 is 10.2 Å². The van der Waals surface area contributed by atoms with Crippen LogP contribution in [0.1, 0.15) is 47.2 Å². The topological polar surface area (TPSA) is 33.1 Å². The first-order chi connectivity index (χ1) is 13.9. The smallest absolute Gasteiger partial charge is 0.174 e. The molecular weight excluding hydrogens is 383 g/mol. The van der Waals surface area contributed by atoms with E-state index in [-0.39, 0.29) is 17.9 Å². The molecule has 4 nitrogen and oxygen atoms in total. The lowest BCUT2D eigenvalue weighted by molar-refractivity contribution is 0.562. The number of halogens is 1. The Hall–Kier alpha value is -2.73. The van der Waals surface area contributed by atoms with Gasteiger partial charge in [0.1, 0.15) is 5.82 Å². The number of thiocarbonyl (C=S) groups is 1. The van der Waals surface area contributed by atoms with Crippen LogP contribution in [0.5, 0.6) is 0 Å². The van der Waals surface area contributed by atoms with E-state index in [0.717, 1.165) is 17.9 Å². The normalized spacial score (nSPS) is 18.9. The van der Waals surface area contributed by atoms with Gasteiger partial charge in [0.05, 0.1) is 17.8 Å². The molecule has 0 amide bonds. The number of hydrogen-bond acceptors (Lipinski definition) is 2. The van der Waals surface area contributed by atoms with E-state index >= 15 is 0 Å². The van der Waals surface area contributed by atoms with Crippen LogP contribution in [0, 0.1) is 26.6 Å². The average Bonchev–Trinajstić information content (AvgIpc) is 3.20. The summed E-state index contributed by atoms with van der Waals surface area (Å²) < 4.78 is 16.2. The zero-order valence-corrected chi connectivity index (χ0v) is 17.9. The Morgan fingerprint density at radius 3 is 2.55 bits per heavy atom. The predicted molar refractivity (Wildman–Crippen MR) is 119 cm³/mol. The molecule has 150 valence electrons. The first kappa shape index (κ1) is 19.6. The van der Waals surface area contributed by atoms with Crippen molar-refractivity contribution in [2.45, 2.75) is 46.3 Å². The Balaban J connectivity index is 1.89. The monoisotopic (exact) mass is 408 g/mol. The summed E-state index contributed by atoms with van der Waals surface area (Å²) >= 11 is 5.75. The molecule has 1 N–H and O–H groups in total. The van der Waals surface area contributed by atoms with Crippen molar-refractivity contribution in [1.82, 2.24) is 14.9 Å². The Labute approximate surface area is 176 Å². The van der Waals surface area contributed by atoms with Crippen molar-refractivity contribution in [3.63, 3.8) is 0 Å². The molecule has 0 bridgehead atoms.